The fraction of sp³-hybridized carbons (Fsp3) is 0. The van der Waals surface area contributed by atoms with E-state index in [4.69, 9.17) is 5.10 Å². The Kier molecular flexibility index (Phi) is 2.53. The molecule has 0 bridgehead atoms. The lowest BCUT2D eigenvalue weighted by Gasteiger charge is -2.05. The summed E-state index contributed by atoms with van der Waals surface area (Å²) in [6.07, 6.45) is 2.14. The van der Waals surface area contributed by atoms with Gasteiger partial charge in [0.2, 0.25) is 0 Å². The largest absolute Gasteiger partial charge is 0.240 e. The zero-order chi connectivity index (χ0) is 15.2. The van der Waals surface area contributed by atoms with Gasteiger partial charge in [-0.3, -0.25) is 0 Å². The average Bonchev–Trinajstić information content (AvgIpc) is 3.09. The van der Waals surface area contributed by atoms with E-state index in [-0.39, 0.29) is 0 Å². The first-order valence-electron chi connectivity index (χ1n) is 7.76. The monoisotopic (exact) mass is 294 g/mol. The van der Waals surface area contributed by atoms with Gasteiger partial charge in [0.05, 0.1) is 5.69 Å². The normalized spacial score (nSPS) is 11.5. The molecule has 0 N–H and O–H groups in total. The fourth-order valence-corrected chi connectivity index (χ4v) is 3.36. The number of para-hydroxylation sites is 1. The topological polar surface area (TPSA) is 17.8 Å². The highest BCUT2D eigenvalue weighted by Gasteiger charge is 2.11. The van der Waals surface area contributed by atoms with Crippen molar-refractivity contribution in [3.05, 3.63) is 85.1 Å². The summed E-state index contributed by atoms with van der Waals surface area (Å²) in [6.45, 7) is 0. The van der Waals surface area contributed by atoms with Crippen LogP contribution in [0.3, 0.4) is 0 Å². The molecule has 108 valence electrons. The first kappa shape index (κ1) is 12.4. The Bertz CT molecular complexity index is 1080. The number of fused-ring (bicyclic) bond motifs is 6. The Labute approximate surface area is 133 Å². The summed E-state index contributed by atoms with van der Waals surface area (Å²) in [5.74, 6) is 0. The molecule has 0 aliphatic rings. The number of hydrogen-bond acceptors (Lipinski definition) is 1. The zero-order valence-electron chi connectivity index (χ0n) is 12.5. The van der Waals surface area contributed by atoms with Crippen molar-refractivity contribution in [1.82, 2.24) is 9.78 Å². The van der Waals surface area contributed by atoms with Crippen molar-refractivity contribution in [2.45, 2.75) is 0 Å². The zero-order valence-corrected chi connectivity index (χ0v) is 12.5. The summed E-state index contributed by atoms with van der Waals surface area (Å²) >= 11 is 0. The van der Waals surface area contributed by atoms with Crippen LogP contribution >= 0.6 is 0 Å². The van der Waals surface area contributed by atoms with Crippen LogP contribution in [0.1, 0.15) is 0 Å². The summed E-state index contributed by atoms with van der Waals surface area (Å²) in [7, 11) is 0. The highest BCUT2D eigenvalue weighted by molar-refractivity contribution is 6.24. The molecule has 0 aliphatic carbocycles. The summed E-state index contributed by atoms with van der Waals surface area (Å²) in [6, 6.07) is 27.3. The summed E-state index contributed by atoms with van der Waals surface area (Å²) < 4.78 is 1.98. The molecule has 0 amide bonds. The second-order valence-electron chi connectivity index (χ2n) is 5.76. The summed E-state index contributed by atoms with van der Waals surface area (Å²) in [4.78, 5) is 0. The van der Waals surface area contributed by atoms with Gasteiger partial charge in [0.15, 0.2) is 0 Å². The van der Waals surface area contributed by atoms with Gasteiger partial charge in [-0.2, -0.15) is 5.10 Å². The van der Waals surface area contributed by atoms with Crippen molar-refractivity contribution in [2.75, 3.05) is 0 Å². The molecule has 2 nitrogen and oxygen atoms in total. The minimum atomic E-state index is 1.06. The molecule has 0 aliphatic heterocycles. The molecule has 0 atom stereocenters. The Morgan fingerprint density at radius 2 is 1.04 bits per heavy atom. The molecule has 2 heteroatoms. The lowest BCUT2D eigenvalue weighted by atomic mass is 9.99. The molecule has 0 radical (unpaired) electrons. The third-order valence-corrected chi connectivity index (χ3v) is 4.42. The molecule has 0 fully saturated rings. The quantitative estimate of drug-likeness (QED) is 0.382. The van der Waals surface area contributed by atoms with E-state index in [0.29, 0.717) is 0 Å². The van der Waals surface area contributed by atoms with E-state index in [1.807, 2.05) is 22.9 Å². The predicted molar refractivity (Wildman–Crippen MR) is 96.1 cm³/mol. The van der Waals surface area contributed by atoms with Crippen LogP contribution in [0.4, 0.5) is 0 Å². The van der Waals surface area contributed by atoms with Crippen LogP contribution in [0, 0.1) is 0 Å². The molecule has 5 rings (SSSR count). The van der Waals surface area contributed by atoms with Crippen molar-refractivity contribution in [1.29, 1.82) is 0 Å². The van der Waals surface area contributed by atoms with E-state index >= 15 is 0 Å². The minimum absolute atomic E-state index is 1.06. The molecule has 23 heavy (non-hydrogen) atoms. The van der Waals surface area contributed by atoms with Gasteiger partial charge in [-0.15, -0.1) is 0 Å². The van der Waals surface area contributed by atoms with Crippen molar-refractivity contribution in [2.24, 2.45) is 0 Å². The molecule has 0 saturated heterocycles. The van der Waals surface area contributed by atoms with Crippen LogP contribution in [0.25, 0.3) is 38.1 Å². The number of aromatic nitrogens is 2. The number of nitrogens with zero attached hydrogens (tertiary/aromatic N) is 2. The van der Waals surface area contributed by atoms with Crippen molar-refractivity contribution < 1.29 is 0 Å². The van der Waals surface area contributed by atoms with Crippen LogP contribution < -0.4 is 0 Å². The van der Waals surface area contributed by atoms with Gasteiger partial charge in [-0.1, -0.05) is 66.7 Å². The smallest absolute Gasteiger partial charge is 0.101 e. The van der Waals surface area contributed by atoms with Crippen molar-refractivity contribution in [3.8, 4) is 5.69 Å². The van der Waals surface area contributed by atoms with Gasteiger partial charge in [0, 0.05) is 17.0 Å². The predicted octanol–water partition coefficient (Wildman–Crippen LogP) is 5.33. The molecular formula is C21H14N2. The average molecular weight is 294 g/mol. The summed E-state index contributed by atoms with van der Waals surface area (Å²) in [5, 5.41) is 11.1. The fourth-order valence-electron chi connectivity index (χ4n) is 3.36. The lowest BCUT2D eigenvalue weighted by molar-refractivity contribution is 0.898. The van der Waals surface area contributed by atoms with E-state index < -0.39 is 0 Å². The van der Waals surface area contributed by atoms with E-state index in [1.165, 1.54) is 26.9 Å². The van der Waals surface area contributed by atoms with Crippen LogP contribution in [0.15, 0.2) is 85.1 Å². The maximum Gasteiger partial charge on any atom is 0.101 e. The molecule has 5 aromatic rings. The van der Waals surface area contributed by atoms with Gasteiger partial charge >= 0.3 is 0 Å². The highest BCUT2D eigenvalue weighted by Crippen LogP contribution is 2.34. The lowest BCUT2D eigenvalue weighted by Crippen LogP contribution is -1.92. The molecule has 1 heterocycles. The molecule has 0 spiro atoms. The van der Waals surface area contributed by atoms with E-state index in [1.54, 1.807) is 0 Å². The van der Waals surface area contributed by atoms with Gasteiger partial charge < -0.3 is 0 Å². The Balaban J connectivity index is 1.99. The van der Waals surface area contributed by atoms with Crippen LogP contribution in [-0.2, 0) is 0 Å². The molecule has 1 aromatic heterocycles. The SMILES string of the molecule is c1ccc(-n2cc3c4ccccc4c4ccccc4c3n2)cc1. The first-order chi connectivity index (χ1) is 11.4. The standard InChI is InChI=1S/C21H14N2/c1-2-8-15(9-3-1)23-14-20-18-12-5-4-10-16(18)17-11-6-7-13-19(17)21(20)22-23/h1-14H. The molecule has 0 saturated carbocycles. The number of benzene rings is 4. The van der Waals surface area contributed by atoms with Crippen LogP contribution in [-0.4, -0.2) is 9.78 Å². The molecule has 4 aromatic carbocycles. The number of hydrogen-bond donors (Lipinski definition) is 0. The minimum Gasteiger partial charge on any atom is -0.240 e. The first-order valence-corrected chi connectivity index (χ1v) is 7.76. The highest BCUT2D eigenvalue weighted by atomic mass is 15.3. The maximum absolute atomic E-state index is 4.88. The maximum atomic E-state index is 4.88. The Morgan fingerprint density at radius 1 is 0.522 bits per heavy atom. The molecular weight excluding hydrogens is 280 g/mol. The third kappa shape index (κ3) is 1.78. The molecule has 0 unspecified atom stereocenters. The van der Waals surface area contributed by atoms with E-state index in [2.05, 4.69) is 66.9 Å². The number of rotatable bonds is 1. The van der Waals surface area contributed by atoms with Crippen molar-refractivity contribution >= 4 is 32.4 Å². The van der Waals surface area contributed by atoms with Crippen LogP contribution in [0.2, 0.25) is 0 Å². The van der Waals surface area contributed by atoms with E-state index in [0.717, 1.165) is 11.2 Å². The van der Waals surface area contributed by atoms with Gasteiger partial charge in [-0.05, 0) is 28.3 Å². The third-order valence-electron chi connectivity index (χ3n) is 4.42. The Hall–Kier alpha value is -3.13. The van der Waals surface area contributed by atoms with Gasteiger partial charge in [-0.25, -0.2) is 4.68 Å². The summed E-state index contributed by atoms with van der Waals surface area (Å²) in [5.41, 5.74) is 2.14. The Morgan fingerprint density at radius 3 is 1.74 bits per heavy atom. The van der Waals surface area contributed by atoms with Crippen molar-refractivity contribution in [3.63, 3.8) is 0 Å². The van der Waals surface area contributed by atoms with Gasteiger partial charge in [0.1, 0.15) is 5.52 Å². The van der Waals surface area contributed by atoms with E-state index in [9.17, 15) is 0 Å². The van der Waals surface area contributed by atoms with Gasteiger partial charge in [0.25, 0.3) is 0 Å². The second-order valence-corrected chi connectivity index (χ2v) is 5.76. The second kappa shape index (κ2) is 4.68. The van der Waals surface area contributed by atoms with Crippen LogP contribution in [0.5, 0.6) is 0 Å².